The number of nitrogens with zero attached hydrogens (tertiary/aromatic N) is 1. The topological polar surface area (TPSA) is 52.2 Å². The molecule has 0 amide bonds. The minimum atomic E-state index is -4.15. The molecule has 1 aromatic carbocycles. The SMILES string of the molecule is CN=C(NCCCc1c[nH]c2ccccc12)NCCC(F)(F)F.I. The van der Waals surface area contributed by atoms with Gasteiger partial charge >= 0.3 is 6.18 Å². The summed E-state index contributed by atoms with van der Waals surface area (Å²) in [4.78, 5) is 7.14. The van der Waals surface area contributed by atoms with E-state index >= 15 is 0 Å². The van der Waals surface area contributed by atoms with Gasteiger partial charge in [0.15, 0.2) is 5.96 Å². The van der Waals surface area contributed by atoms with Crippen LogP contribution in [0.3, 0.4) is 0 Å². The molecule has 1 aromatic heterocycles. The Labute approximate surface area is 156 Å². The Kier molecular flexibility index (Phi) is 8.37. The number of para-hydroxylation sites is 1. The van der Waals surface area contributed by atoms with E-state index in [9.17, 15) is 13.2 Å². The first-order valence-corrected chi connectivity index (χ1v) is 7.56. The number of fused-ring (bicyclic) bond motifs is 1. The number of nitrogens with one attached hydrogen (secondary N) is 3. The maximum Gasteiger partial charge on any atom is 0.390 e. The second kappa shape index (κ2) is 9.75. The number of benzene rings is 1. The number of H-pyrrole nitrogens is 1. The van der Waals surface area contributed by atoms with Gasteiger partial charge in [0, 0.05) is 37.2 Å². The van der Waals surface area contributed by atoms with Crippen LogP contribution in [0, 0.1) is 0 Å². The van der Waals surface area contributed by atoms with E-state index in [0.29, 0.717) is 12.5 Å². The van der Waals surface area contributed by atoms with Crippen LogP contribution < -0.4 is 10.6 Å². The van der Waals surface area contributed by atoms with Crippen LogP contribution >= 0.6 is 24.0 Å². The van der Waals surface area contributed by atoms with Crippen LogP contribution in [0.2, 0.25) is 0 Å². The van der Waals surface area contributed by atoms with Crippen molar-refractivity contribution in [2.75, 3.05) is 20.1 Å². The molecule has 0 saturated heterocycles. The third-order valence-electron chi connectivity index (χ3n) is 3.51. The van der Waals surface area contributed by atoms with Crippen molar-refractivity contribution < 1.29 is 13.2 Å². The third kappa shape index (κ3) is 6.58. The zero-order valence-electron chi connectivity index (χ0n) is 13.4. The first-order valence-electron chi connectivity index (χ1n) is 7.56. The van der Waals surface area contributed by atoms with Gasteiger partial charge in [-0.1, -0.05) is 18.2 Å². The standard InChI is InChI=1S/C16H21F3N4.HI/c1-20-15(22-10-8-16(17,18)19)21-9-4-5-12-11-23-14-7-3-2-6-13(12)14;/h2-3,6-7,11,23H,4-5,8-10H2,1H3,(H2,20,21,22);1H. The highest BCUT2D eigenvalue weighted by Crippen LogP contribution is 2.19. The third-order valence-corrected chi connectivity index (χ3v) is 3.51. The highest BCUT2D eigenvalue weighted by Gasteiger charge is 2.26. The van der Waals surface area contributed by atoms with Gasteiger partial charge in [-0.3, -0.25) is 4.99 Å². The Morgan fingerprint density at radius 3 is 2.58 bits per heavy atom. The summed E-state index contributed by atoms with van der Waals surface area (Å²) in [5, 5.41) is 6.90. The van der Waals surface area contributed by atoms with E-state index in [0.717, 1.165) is 18.4 Å². The number of guanidine groups is 1. The Morgan fingerprint density at radius 1 is 1.17 bits per heavy atom. The Morgan fingerprint density at radius 2 is 1.88 bits per heavy atom. The lowest BCUT2D eigenvalue weighted by atomic mass is 10.1. The number of aromatic nitrogens is 1. The molecule has 0 fully saturated rings. The van der Waals surface area contributed by atoms with Crippen LogP contribution in [0.5, 0.6) is 0 Å². The summed E-state index contributed by atoms with van der Waals surface area (Å²) in [6, 6.07) is 8.10. The first-order chi connectivity index (χ1) is 11.0. The quantitative estimate of drug-likeness (QED) is 0.269. The van der Waals surface area contributed by atoms with Crippen LogP contribution in [0.25, 0.3) is 10.9 Å². The summed E-state index contributed by atoms with van der Waals surface area (Å²) in [6.45, 7) is 0.469. The first kappa shape index (κ1) is 20.6. The average Bonchev–Trinajstić information content (AvgIpc) is 2.92. The highest BCUT2D eigenvalue weighted by molar-refractivity contribution is 14.0. The monoisotopic (exact) mass is 454 g/mol. The lowest BCUT2D eigenvalue weighted by Gasteiger charge is -2.12. The van der Waals surface area contributed by atoms with E-state index in [1.807, 2.05) is 24.4 Å². The molecule has 4 nitrogen and oxygen atoms in total. The molecular formula is C16H22F3IN4. The minimum absolute atomic E-state index is 0. The van der Waals surface area contributed by atoms with Crippen LogP contribution in [-0.2, 0) is 6.42 Å². The molecule has 0 atom stereocenters. The van der Waals surface area contributed by atoms with Crippen molar-refractivity contribution in [2.45, 2.75) is 25.4 Å². The summed E-state index contributed by atoms with van der Waals surface area (Å²) in [5.74, 6) is 0.396. The van der Waals surface area contributed by atoms with Crippen LogP contribution in [0.1, 0.15) is 18.4 Å². The zero-order chi connectivity index (χ0) is 16.7. The molecule has 0 spiro atoms. The zero-order valence-corrected chi connectivity index (χ0v) is 15.7. The molecule has 8 heteroatoms. The fourth-order valence-corrected chi connectivity index (χ4v) is 2.37. The maximum atomic E-state index is 12.1. The second-order valence-electron chi connectivity index (χ2n) is 5.25. The smallest absolute Gasteiger partial charge is 0.361 e. The molecule has 0 bridgehead atoms. The van der Waals surface area contributed by atoms with Crippen molar-refractivity contribution >= 4 is 40.8 Å². The second-order valence-corrected chi connectivity index (χ2v) is 5.25. The van der Waals surface area contributed by atoms with Gasteiger partial charge in [0.2, 0.25) is 0 Å². The van der Waals surface area contributed by atoms with Crippen molar-refractivity contribution in [1.29, 1.82) is 0 Å². The molecule has 3 N–H and O–H groups in total. The minimum Gasteiger partial charge on any atom is -0.361 e. The fraction of sp³-hybridized carbons (Fsp3) is 0.438. The van der Waals surface area contributed by atoms with Gasteiger partial charge in [0.05, 0.1) is 6.42 Å². The van der Waals surface area contributed by atoms with Crippen molar-refractivity contribution in [2.24, 2.45) is 4.99 Å². The predicted molar refractivity (Wildman–Crippen MR) is 102 cm³/mol. The summed E-state index contributed by atoms with van der Waals surface area (Å²) in [5.41, 5.74) is 2.35. The van der Waals surface area contributed by atoms with E-state index in [1.54, 1.807) is 7.05 Å². The number of aryl methyl sites for hydroxylation is 1. The lowest BCUT2D eigenvalue weighted by Crippen LogP contribution is -2.39. The van der Waals surface area contributed by atoms with Crippen LogP contribution in [0.4, 0.5) is 13.2 Å². The fourth-order valence-electron chi connectivity index (χ4n) is 2.37. The van der Waals surface area contributed by atoms with Crippen LogP contribution in [-0.4, -0.2) is 37.3 Å². The molecule has 24 heavy (non-hydrogen) atoms. The van der Waals surface area contributed by atoms with E-state index in [2.05, 4.69) is 26.7 Å². The molecule has 0 aliphatic heterocycles. The Hall–Kier alpha value is -1.45. The van der Waals surface area contributed by atoms with E-state index in [1.165, 1.54) is 10.9 Å². The number of rotatable bonds is 6. The molecule has 2 rings (SSSR count). The molecule has 0 aliphatic carbocycles. The molecule has 0 radical (unpaired) electrons. The average molecular weight is 454 g/mol. The van der Waals surface area contributed by atoms with Crippen molar-refractivity contribution in [3.05, 3.63) is 36.0 Å². The predicted octanol–water partition coefficient (Wildman–Crippen LogP) is 3.84. The van der Waals surface area contributed by atoms with Gasteiger partial charge in [-0.05, 0) is 24.5 Å². The highest BCUT2D eigenvalue weighted by atomic mass is 127. The molecule has 2 aromatic rings. The van der Waals surface area contributed by atoms with E-state index < -0.39 is 12.6 Å². The Bertz CT molecular complexity index is 652. The number of hydrogen-bond acceptors (Lipinski definition) is 1. The Balaban J connectivity index is 0.00000288. The van der Waals surface area contributed by atoms with Gasteiger partial charge in [-0.2, -0.15) is 13.2 Å². The summed E-state index contributed by atoms with van der Waals surface area (Å²) < 4.78 is 36.3. The summed E-state index contributed by atoms with van der Waals surface area (Å²) in [7, 11) is 1.54. The number of aliphatic imine (C=N–C) groups is 1. The number of hydrogen-bond donors (Lipinski definition) is 3. The molecular weight excluding hydrogens is 432 g/mol. The van der Waals surface area contributed by atoms with Gasteiger partial charge in [0.25, 0.3) is 0 Å². The largest absolute Gasteiger partial charge is 0.390 e. The van der Waals surface area contributed by atoms with Gasteiger partial charge in [-0.25, -0.2) is 0 Å². The van der Waals surface area contributed by atoms with Gasteiger partial charge < -0.3 is 15.6 Å². The number of alkyl halides is 3. The number of aromatic amines is 1. The van der Waals surface area contributed by atoms with Gasteiger partial charge in [-0.15, -0.1) is 24.0 Å². The molecule has 134 valence electrons. The normalized spacial score (nSPS) is 12.1. The lowest BCUT2D eigenvalue weighted by molar-refractivity contribution is -0.132. The molecule has 0 unspecified atom stereocenters. The van der Waals surface area contributed by atoms with Gasteiger partial charge in [0.1, 0.15) is 0 Å². The summed E-state index contributed by atoms with van der Waals surface area (Å²) >= 11 is 0. The molecule has 1 heterocycles. The maximum absolute atomic E-state index is 12.1. The van der Waals surface area contributed by atoms with Crippen molar-refractivity contribution in [3.63, 3.8) is 0 Å². The van der Waals surface area contributed by atoms with Crippen LogP contribution in [0.15, 0.2) is 35.5 Å². The van der Waals surface area contributed by atoms with E-state index in [4.69, 9.17) is 0 Å². The molecule has 0 saturated carbocycles. The van der Waals surface area contributed by atoms with E-state index in [-0.39, 0.29) is 30.5 Å². The van der Waals surface area contributed by atoms with Crippen molar-refractivity contribution in [3.8, 4) is 0 Å². The molecule has 0 aliphatic rings. The van der Waals surface area contributed by atoms with Crippen molar-refractivity contribution in [1.82, 2.24) is 15.6 Å². The summed E-state index contributed by atoms with van der Waals surface area (Å²) in [6.07, 6.45) is -1.27. The number of halogens is 4.